The minimum atomic E-state index is -1.87. The third-order valence-corrected chi connectivity index (χ3v) is 8.41. The Morgan fingerprint density at radius 3 is 2.05 bits per heavy atom. The standard InChI is InChI=1S/C18H15NOTe/c1-19-17(14-8-4-2-5-9-14)12-16-13-18(20-21(16)19)15-10-6-3-7-11-15/h2-13H,1H3. The quantitative estimate of drug-likeness (QED) is 0.732. The molecule has 0 aromatic heterocycles. The van der Waals surface area contributed by atoms with Crippen LogP contribution < -0.4 is 0 Å². The van der Waals surface area contributed by atoms with Crippen molar-refractivity contribution in [3.63, 3.8) is 0 Å². The van der Waals surface area contributed by atoms with E-state index >= 15 is 0 Å². The summed E-state index contributed by atoms with van der Waals surface area (Å²) >= 11 is -1.87. The number of hydrogen-bond acceptors (Lipinski definition) is 2. The van der Waals surface area contributed by atoms with Crippen molar-refractivity contribution in [2.24, 2.45) is 0 Å². The molecule has 2 nitrogen and oxygen atoms in total. The monoisotopic (exact) mass is 391 g/mol. The summed E-state index contributed by atoms with van der Waals surface area (Å²) in [5.41, 5.74) is 3.72. The molecule has 0 spiro atoms. The van der Waals surface area contributed by atoms with Crippen molar-refractivity contribution in [2.75, 3.05) is 7.05 Å². The number of rotatable bonds is 2. The summed E-state index contributed by atoms with van der Waals surface area (Å²) in [5.74, 6) is 1.03. The van der Waals surface area contributed by atoms with Gasteiger partial charge in [0.1, 0.15) is 0 Å². The van der Waals surface area contributed by atoms with Gasteiger partial charge in [-0.1, -0.05) is 0 Å². The fraction of sp³-hybridized carbons (Fsp3) is 0.0556. The van der Waals surface area contributed by atoms with Crippen molar-refractivity contribution in [3.8, 4) is 0 Å². The van der Waals surface area contributed by atoms with Gasteiger partial charge in [-0.25, -0.2) is 0 Å². The van der Waals surface area contributed by atoms with Crippen molar-refractivity contribution in [1.82, 2.24) is 3.15 Å². The Kier molecular flexibility index (Phi) is 3.18. The number of allylic oxidation sites excluding steroid dienone is 2. The van der Waals surface area contributed by atoms with Crippen LogP contribution in [0.25, 0.3) is 11.5 Å². The second kappa shape index (κ2) is 5.18. The van der Waals surface area contributed by atoms with Gasteiger partial charge in [0, 0.05) is 0 Å². The zero-order valence-electron chi connectivity index (χ0n) is 11.7. The van der Waals surface area contributed by atoms with Crippen molar-refractivity contribution < 1.29 is 3.10 Å². The van der Waals surface area contributed by atoms with Gasteiger partial charge in [0.25, 0.3) is 0 Å². The average Bonchev–Trinajstić information content (AvgIpc) is 3.09. The first-order chi connectivity index (χ1) is 10.3. The summed E-state index contributed by atoms with van der Waals surface area (Å²) in [5, 5.41) is 0. The first-order valence-corrected chi connectivity index (χ1v) is 10.1. The van der Waals surface area contributed by atoms with E-state index in [1.807, 2.05) is 6.07 Å². The van der Waals surface area contributed by atoms with E-state index in [0.717, 1.165) is 5.76 Å². The molecule has 0 amide bonds. The van der Waals surface area contributed by atoms with E-state index in [-0.39, 0.29) is 0 Å². The van der Waals surface area contributed by atoms with Crippen molar-refractivity contribution in [2.45, 2.75) is 0 Å². The molecule has 0 fully saturated rings. The first kappa shape index (κ1) is 12.9. The molecule has 104 valence electrons. The second-order valence-corrected chi connectivity index (χ2v) is 9.81. The third kappa shape index (κ3) is 2.23. The van der Waals surface area contributed by atoms with Crippen LogP contribution in [-0.4, -0.2) is 33.5 Å². The van der Waals surface area contributed by atoms with Gasteiger partial charge in [0.15, 0.2) is 0 Å². The van der Waals surface area contributed by atoms with Crippen LogP contribution in [0.3, 0.4) is 0 Å². The molecule has 2 heterocycles. The van der Waals surface area contributed by atoms with E-state index in [1.54, 1.807) is 0 Å². The number of benzene rings is 2. The molecule has 0 unspecified atom stereocenters. The summed E-state index contributed by atoms with van der Waals surface area (Å²) in [6, 6.07) is 20.9. The molecule has 2 aliphatic rings. The minimum absolute atomic E-state index is 1.03. The molecule has 0 saturated carbocycles. The number of nitrogens with zero attached hydrogens (tertiary/aromatic N) is 1. The van der Waals surface area contributed by atoms with Gasteiger partial charge < -0.3 is 0 Å². The molecule has 2 aromatic rings. The molecule has 0 aliphatic carbocycles. The van der Waals surface area contributed by atoms with Crippen LogP contribution in [0.5, 0.6) is 0 Å². The molecule has 0 saturated heterocycles. The Labute approximate surface area is 132 Å². The van der Waals surface area contributed by atoms with Gasteiger partial charge in [-0.15, -0.1) is 0 Å². The summed E-state index contributed by atoms with van der Waals surface area (Å²) in [6.07, 6.45) is 4.51. The summed E-state index contributed by atoms with van der Waals surface area (Å²) < 4.78 is 10.1. The second-order valence-electron chi connectivity index (χ2n) is 5.00. The van der Waals surface area contributed by atoms with Gasteiger partial charge in [-0.3, -0.25) is 0 Å². The Morgan fingerprint density at radius 2 is 1.43 bits per heavy atom. The van der Waals surface area contributed by atoms with E-state index < -0.39 is 19.8 Å². The summed E-state index contributed by atoms with van der Waals surface area (Å²) in [4.78, 5) is 0. The molecule has 2 aliphatic heterocycles. The molecule has 0 N–H and O–H groups in total. The third-order valence-electron chi connectivity index (χ3n) is 3.64. The molecular weight excluding hydrogens is 374 g/mol. The fourth-order valence-electron chi connectivity index (χ4n) is 2.57. The normalized spacial score (nSPS) is 17.4. The Balaban J connectivity index is 1.67. The van der Waals surface area contributed by atoms with Gasteiger partial charge in [0.05, 0.1) is 0 Å². The van der Waals surface area contributed by atoms with Crippen LogP contribution in [0.1, 0.15) is 11.1 Å². The van der Waals surface area contributed by atoms with Gasteiger partial charge in [-0.2, -0.15) is 0 Å². The molecular formula is C18H15NOTe. The van der Waals surface area contributed by atoms with Gasteiger partial charge in [0.2, 0.25) is 0 Å². The molecule has 3 heteroatoms. The van der Waals surface area contributed by atoms with Crippen molar-refractivity contribution in [3.05, 3.63) is 83.9 Å². The number of hydrogen-bond donors (Lipinski definition) is 0. The molecule has 0 atom stereocenters. The molecule has 4 rings (SSSR count). The molecule has 2 aromatic carbocycles. The van der Waals surface area contributed by atoms with Crippen LogP contribution in [0.4, 0.5) is 0 Å². The van der Waals surface area contributed by atoms with E-state index in [2.05, 4.69) is 76.9 Å². The SMILES string of the molecule is CN1C(c2ccccc2)=CC2=[Te]1OC(c1ccccc1)=C2. The maximum absolute atomic E-state index is 6.30. The maximum atomic E-state index is 6.30. The average molecular weight is 389 g/mol. The Hall–Kier alpha value is -1.82. The van der Waals surface area contributed by atoms with Crippen molar-refractivity contribution in [1.29, 1.82) is 0 Å². The summed E-state index contributed by atoms with van der Waals surface area (Å²) in [6.45, 7) is 0. The first-order valence-electron chi connectivity index (χ1n) is 6.90. The van der Waals surface area contributed by atoms with Crippen LogP contribution in [-0.2, 0) is 3.10 Å². The predicted octanol–water partition coefficient (Wildman–Crippen LogP) is 3.29. The van der Waals surface area contributed by atoms with E-state index in [1.165, 1.54) is 20.4 Å². The topological polar surface area (TPSA) is 12.5 Å². The van der Waals surface area contributed by atoms with Gasteiger partial charge >= 0.3 is 132 Å². The molecule has 0 radical (unpaired) electrons. The van der Waals surface area contributed by atoms with Gasteiger partial charge in [-0.05, 0) is 0 Å². The Bertz CT molecular complexity index is 775. The Morgan fingerprint density at radius 1 is 0.810 bits per heavy atom. The predicted molar refractivity (Wildman–Crippen MR) is 88.4 cm³/mol. The summed E-state index contributed by atoms with van der Waals surface area (Å²) in [7, 11) is 2.16. The zero-order valence-corrected chi connectivity index (χ0v) is 14.0. The molecule has 0 bridgehead atoms. The van der Waals surface area contributed by atoms with E-state index in [0.29, 0.717) is 0 Å². The zero-order chi connectivity index (χ0) is 14.2. The van der Waals surface area contributed by atoms with E-state index in [9.17, 15) is 0 Å². The van der Waals surface area contributed by atoms with Crippen LogP contribution in [0.15, 0.2) is 72.8 Å². The van der Waals surface area contributed by atoms with Crippen LogP contribution in [0.2, 0.25) is 0 Å². The van der Waals surface area contributed by atoms with E-state index in [4.69, 9.17) is 3.10 Å². The molecule has 21 heavy (non-hydrogen) atoms. The van der Waals surface area contributed by atoms with Crippen molar-refractivity contribution >= 4 is 34.8 Å². The fourth-order valence-corrected chi connectivity index (χ4v) is 7.12. The van der Waals surface area contributed by atoms with Crippen LogP contribution in [0, 0.1) is 0 Å². The van der Waals surface area contributed by atoms with Crippen LogP contribution >= 0.6 is 0 Å².